The molecule has 3 fully saturated rings. The summed E-state index contributed by atoms with van der Waals surface area (Å²) in [6.07, 6.45) is 6.87. The number of β-amino-alcohol motifs (C(OH)–C–C–N with tert-alkyl or cyclic N) is 1. The van der Waals surface area contributed by atoms with E-state index in [0.29, 0.717) is 44.7 Å². The van der Waals surface area contributed by atoms with E-state index in [4.69, 9.17) is 4.98 Å². The molecule has 0 radical (unpaired) electrons. The lowest BCUT2D eigenvalue weighted by molar-refractivity contribution is -0.136. The summed E-state index contributed by atoms with van der Waals surface area (Å²) in [6, 6.07) is 15.1. The average Bonchev–Trinajstić information content (AvgIpc) is 3.95. The fourth-order valence-electron chi connectivity index (χ4n) is 8.60. The molecule has 4 aliphatic heterocycles. The van der Waals surface area contributed by atoms with Crippen LogP contribution in [0.3, 0.4) is 0 Å². The molecule has 4 aliphatic rings. The molecule has 2 aromatic heterocycles. The minimum atomic E-state index is -0.600. The molecule has 58 heavy (non-hydrogen) atoms. The second-order valence-electron chi connectivity index (χ2n) is 16.3. The molecule has 6 heterocycles. The third kappa shape index (κ3) is 8.51. The Morgan fingerprint density at radius 1 is 0.983 bits per heavy atom. The zero-order chi connectivity index (χ0) is 40.3. The number of fused-ring (bicyclic) bond motifs is 2. The zero-order valence-corrected chi connectivity index (χ0v) is 33.5. The van der Waals surface area contributed by atoms with E-state index >= 15 is 0 Å². The standard InChI is InChI=1S/C43H54N10O5/c1-28(2)34-25-45-53-37(23-38(47-40(34)53)51-18-16-32(54)26-51)44-24-29-10-12-31(13-11-29)46-43(58)50-21-19-49(20-22-50)17-5-3-4-7-30-8-6-9-33-35(30)27-52(42(33)57)36-14-15-39(55)48-41(36)56/h6,8-13,23,25,28,32,36,44,54H,3-5,7,14-22,24,26-27H2,1-2H3,(H,46,58)(H,48,55,56)/t32-,36?/m1/s1. The van der Waals surface area contributed by atoms with E-state index in [2.05, 4.69) is 50.8 Å². The van der Waals surface area contributed by atoms with Crippen molar-refractivity contribution in [2.24, 2.45) is 0 Å². The van der Waals surface area contributed by atoms with Crippen LogP contribution in [0.2, 0.25) is 0 Å². The van der Waals surface area contributed by atoms with Gasteiger partial charge in [0.25, 0.3) is 5.91 Å². The van der Waals surface area contributed by atoms with Crippen LogP contribution in [0, 0.1) is 0 Å². The maximum absolute atomic E-state index is 13.2. The highest BCUT2D eigenvalue weighted by Gasteiger charge is 2.39. The molecule has 2 atom stereocenters. The number of aliphatic hydroxyl groups is 1. The van der Waals surface area contributed by atoms with E-state index in [0.717, 1.165) is 104 Å². The summed E-state index contributed by atoms with van der Waals surface area (Å²) >= 11 is 0. The topological polar surface area (TPSA) is 168 Å². The Kier molecular flexibility index (Phi) is 11.6. The molecule has 15 heteroatoms. The maximum Gasteiger partial charge on any atom is 0.321 e. The van der Waals surface area contributed by atoms with Crippen LogP contribution < -0.4 is 20.9 Å². The molecule has 0 bridgehead atoms. The third-order valence-corrected chi connectivity index (χ3v) is 12.0. The van der Waals surface area contributed by atoms with Crippen molar-refractivity contribution < 1.29 is 24.3 Å². The highest BCUT2D eigenvalue weighted by atomic mass is 16.3. The van der Waals surface area contributed by atoms with E-state index in [-0.39, 0.29) is 42.2 Å². The number of imide groups is 1. The van der Waals surface area contributed by atoms with Gasteiger partial charge in [0.15, 0.2) is 5.65 Å². The van der Waals surface area contributed by atoms with Crippen LogP contribution >= 0.6 is 0 Å². The second-order valence-corrected chi connectivity index (χ2v) is 16.3. The molecule has 4 aromatic rings. The van der Waals surface area contributed by atoms with Gasteiger partial charge in [0.05, 0.1) is 12.3 Å². The smallest absolute Gasteiger partial charge is 0.321 e. The first-order valence-corrected chi connectivity index (χ1v) is 20.8. The number of carbonyl (C=O) groups is 4. The number of aryl methyl sites for hydroxylation is 1. The number of anilines is 3. The Morgan fingerprint density at radius 3 is 2.53 bits per heavy atom. The molecular formula is C43H54N10O5. The van der Waals surface area contributed by atoms with Crippen molar-refractivity contribution >= 4 is 46.7 Å². The van der Waals surface area contributed by atoms with Gasteiger partial charge in [-0.1, -0.05) is 44.5 Å². The number of urea groups is 1. The first kappa shape index (κ1) is 39.3. The van der Waals surface area contributed by atoms with Crippen molar-refractivity contribution in [1.82, 2.24) is 34.6 Å². The number of unbranched alkanes of at least 4 members (excludes halogenated alkanes) is 2. The van der Waals surface area contributed by atoms with Crippen molar-refractivity contribution in [2.45, 2.75) is 89.9 Å². The lowest BCUT2D eigenvalue weighted by Gasteiger charge is -2.34. The Morgan fingerprint density at radius 2 is 1.79 bits per heavy atom. The van der Waals surface area contributed by atoms with Crippen LogP contribution in [0.1, 0.15) is 90.9 Å². The van der Waals surface area contributed by atoms with Gasteiger partial charge in [0.2, 0.25) is 11.8 Å². The number of piperazine rings is 1. The van der Waals surface area contributed by atoms with Gasteiger partial charge in [0.1, 0.15) is 17.7 Å². The van der Waals surface area contributed by atoms with E-state index in [1.165, 1.54) is 0 Å². The largest absolute Gasteiger partial charge is 0.391 e. The fourth-order valence-corrected chi connectivity index (χ4v) is 8.60. The number of nitrogens with zero attached hydrogens (tertiary/aromatic N) is 7. The maximum atomic E-state index is 13.2. The van der Waals surface area contributed by atoms with Gasteiger partial charge in [-0.05, 0) is 79.5 Å². The molecule has 5 amide bonds. The van der Waals surface area contributed by atoms with Gasteiger partial charge in [-0.15, -0.1) is 0 Å². The van der Waals surface area contributed by atoms with Crippen LogP contribution in [0.25, 0.3) is 5.65 Å². The minimum absolute atomic E-state index is 0.0889. The summed E-state index contributed by atoms with van der Waals surface area (Å²) in [5.74, 6) is 1.14. The molecule has 4 N–H and O–H groups in total. The summed E-state index contributed by atoms with van der Waals surface area (Å²) in [6.45, 7) is 10.6. The van der Waals surface area contributed by atoms with Crippen LogP contribution in [-0.2, 0) is 29.1 Å². The molecule has 3 saturated heterocycles. The number of aliphatic hydroxyl groups excluding tert-OH is 1. The number of aromatic nitrogens is 3. The minimum Gasteiger partial charge on any atom is -0.391 e. The first-order chi connectivity index (χ1) is 28.1. The van der Waals surface area contributed by atoms with Crippen molar-refractivity contribution in [3.8, 4) is 0 Å². The number of piperidine rings is 1. The molecule has 15 nitrogen and oxygen atoms in total. The van der Waals surface area contributed by atoms with E-state index in [9.17, 15) is 24.3 Å². The lowest BCUT2D eigenvalue weighted by Crippen LogP contribution is -2.52. The number of hydrogen-bond acceptors (Lipinski definition) is 10. The first-order valence-electron chi connectivity index (χ1n) is 20.8. The van der Waals surface area contributed by atoms with Crippen molar-refractivity contribution in [3.05, 3.63) is 82.5 Å². The normalized spacial score (nSPS) is 20.0. The highest BCUT2D eigenvalue weighted by molar-refractivity contribution is 6.05. The second kappa shape index (κ2) is 17.1. The number of rotatable bonds is 13. The van der Waals surface area contributed by atoms with E-state index < -0.39 is 6.04 Å². The zero-order valence-electron chi connectivity index (χ0n) is 33.5. The van der Waals surface area contributed by atoms with Crippen LogP contribution in [0.4, 0.5) is 22.1 Å². The number of amides is 5. The Labute approximate surface area is 338 Å². The molecular weight excluding hydrogens is 737 g/mol. The Bertz CT molecular complexity index is 2160. The van der Waals surface area contributed by atoms with Gasteiger partial charge in [-0.25, -0.2) is 9.78 Å². The molecule has 0 aliphatic carbocycles. The van der Waals surface area contributed by atoms with Crippen LogP contribution in [0.5, 0.6) is 0 Å². The predicted molar refractivity (Wildman–Crippen MR) is 221 cm³/mol. The summed E-state index contributed by atoms with van der Waals surface area (Å²) < 4.78 is 1.85. The molecule has 2 aromatic carbocycles. The highest BCUT2D eigenvalue weighted by Crippen LogP contribution is 2.31. The third-order valence-electron chi connectivity index (χ3n) is 12.0. The van der Waals surface area contributed by atoms with E-state index in [1.54, 1.807) is 4.90 Å². The molecule has 1 unspecified atom stereocenters. The van der Waals surface area contributed by atoms with Gasteiger partial charge in [0, 0.05) is 81.7 Å². The number of benzene rings is 2. The summed E-state index contributed by atoms with van der Waals surface area (Å²) in [5, 5.41) is 23.8. The van der Waals surface area contributed by atoms with Crippen LogP contribution in [-0.4, -0.2) is 116 Å². The SMILES string of the molecule is CC(C)c1cnn2c(NCc3ccc(NC(=O)N4CCN(CCCCCc5cccc6c5CN(C5CCC(=O)NC5=O)C6=O)CC4)cc3)cc(N3CC[C@@H](O)C3)nc12. The van der Waals surface area contributed by atoms with Crippen LogP contribution in [0.15, 0.2) is 54.7 Å². The Balaban J connectivity index is 0.760. The van der Waals surface area contributed by atoms with Gasteiger partial charge >= 0.3 is 6.03 Å². The van der Waals surface area contributed by atoms with E-state index in [1.807, 2.05) is 58.1 Å². The van der Waals surface area contributed by atoms with Gasteiger partial charge < -0.3 is 30.4 Å². The predicted octanol–water partition coefficient (Wildman–Crippen LogP) is 4.36. The monoisotopic (exact) mass is 790 g/mol. The van der Waals surface area contributed by atoms with Gasteiger partial charge in [-0.3, -0.25) is 24.6 Å². The number of hydrogen-bond donors (Lipinski definition) is 4. The molecule has 0 spiro atoms. The summed E-state index contributed by atoms with van der Waals surface area (Å²) in [5.41, 5.74) is 6.54. The quantitative estimate of drug-likeness (QED) is 0.113. The summed E-state index contributed by atoms with van der Waals surface area (Å²) in [4.78, 5) is 63.4. The lowest BCUT2D eigenvalue weighted by atomic mass is 9.98. The average molecular weight is 791 g/mol. The molecule has 0 saturated carbocycles. The number of nitrogens with one attached hydrogen (secondary N) is 3. The Hall–Kier alpha value is -5.54. The van der Waals surface area contributed by atoms with Crippen molar-refractivity contribution in [1.29, 1.82) is 0 Å². The summed E-state index contributed by atoms with van der Waals surface area (Å²) in [7, 11) is 0. The fraction of sp³-hybridized carbons (Fsp3) is 0.488. The van der Waals surface area contributed by atoms with Gasteiger partial charge in [-0.2, -0.15) is 9.61 Å². The molecule has 306 valence electrons. The van der Waals surface area contributed by atoms with Crippen molar-refractivity contribution in [2.75, 3.05) is 61.3 Å². The number of carbonyl (C=O) groups excluding carboxylic acids is 4. The van der Waals surface area contributed by atoms with Crippen molar-refractivity contribution in [3.63, 3.8) is 0 Å². The molecule has 8 rings (SSSR count).